The summed E-state index contributed by atoms with van der Waals surface area (Å²) >= 11 is 0. The predicted molar refractivity (Wildman–Crippen MR) is 92.4 cm³/mol. The van der Waals surface area contributed by atoms with Crippen LogP contribution in [0.4, 0.5) is 0 Å². The molecule has 2 atom stereocenters. The maximum atomic E-state index is 2.50. The van der Waals surface area contributed by atoms with Crippen LogP contribution in [0, 0.1) is 17.8 Å². The van der Waals surface area contributed by atoms with Gasteiger partial charge in [-0.25, -0.2) is 0 Å². The van der Waals surface area contributed by atoms with Crippen molar-refractivity contribution < 1.29 is 0 Å². The van der Waals surface area contributed by atoms with E-state index in [1.807, 2.05) is 0 Å². The fourth-order valence-corrected chi connectivity index (χ4v) is 3.37. The molecule has 0 spiro atoms. The molecule has 0 aromatic heterocycles. The van der Waals surface area contributed by atoms with Crippen LogP contribution in [0.5, 0.6) is 0 Å². The molecule has 0 saturated carbocycles. The van der Waals surface area contributed by atoms with Gasteiger partial charge in [-0.3, -0.25) is 0 Å². The Bertz CT molecular complexity index is 206. The van der Waals surface area contributed by atoms with Crippen molar-refractivity contribution in [2.45, 2.75) is 99.0 Å². The molecule has 0 radical (unpaired) electrons. The number of hydrogen-bond acceptors (Lipinski definition) is 0. The van der Waals surface area contributed by atoms with E-state index >= 15 is 0 Å². The van der Waals surface area contributed by atoms with Crippen LogP contribution in [0.1, 0.15) is 81.1 Å². The molecular weight excluding hydrogens is 227 g/mol. The lowest BCUT2D eigenvalue weighted by Crippen LogP contribution is -2.35. The quantitative estimate of drug-likeness (QED) is 0.382. The summed E-state index contributed by atoms with van der Waals surface area (Å²) in [4.78, 5) is 0. The highest BCUT2D eigenvalue weighted by molar-refractivity contribution is 6.62. The van der Waals surface area contributed by atoms with Crippen LogP contribution in [0.2, 0.25) is 18.0 Å². The zero-order chi connectivity index (χ0) is 15.1. The third-order valence-corrected chi connectivity index (χ3v) is 5.48. The van der Waals surface area contributed by atoms with Gasteiger partial charge >= 0.3 is 0 Å². The molecule has 2 unspecified atom stereocenters. The van der Waals surface area contributed by atoms with Gasteiger partial charge in [0.2, 0.25) is 0 Å². The Kier molecular flexibility index (Phi) is 9.12. The van der Waals surface area contributed by atoms with Crippen LogP contribution in [0.25, 0.3) is 0 Å². The van der Waals surface area contributed by atoms with E-state index < -0.39 is 0 Å². The van der Waals surface area contributed by atoms with E-state index in [0.29, 0.717) is 5.31 Å². The van der Waals surface area contributed by atoms with Gasteiger partial charge in [0, 0.05) is 0 Å². The molecular formula is C18H39B. The van der Waals surface area contributed by atoms with Crippen molar-refractivity contribution in [3.63, 3.8) is 0 Å². The highest BCUT2D eigenvalue weighted by Crippen LogP contribution is 2.43. The third-order valence-electron chi connectivity index (χ3n) is 5.48. The maximum absolute atomic E-state index is 2.50. The zero-order valence-corrected chi connectivity index (χ0v) is 15.1. The fourth-order valence-electron chi connectivity index (χ4n) is 3.37. The second-order valence-corrected chi connectivity index (χ2v) is 7.93. The van der Waals surface area contributed by atoms with E-state index in [1.54, 1.807) is 0 Å². The predicted octanol–water partition coefficient (Wildman–Crippen LogP) is 6.79. The van der Waals surface area contributed by atoms with Crippen molar-refractivity contribution >= 4 is 6.71 Å². The smallest absolute Gasteiger partial charge is 0.0711 e. The van der Waals surface area contributed by atoms with Gasteiger partial charge < -0.3 is 0 Å². The van der Waals surface area contributed by atoms with Crippen LogP contribution in [0.15, 0.2) is 0 Å². The topological polar surface area (TPSA) is 0 Å². The summed E-state index contributed by atoms with van der Waals surface area (Å²) < 4.78 is 0. The van der Waals surface area contributed by atoms with Crippen molar-refractivity contribution in [2.75, 3.05) is 0 Å². The Morgan fingerprint density at radius 3 is 1.42 bits per heavy atom. The summed E-state index contributed by atoms with van der Waals surface area (Å²) in [7, 11) is 0. The zero-order valence-electron chi connectivity index (χ0n) is 15.1. The van der Waals surface area contributed by atoms with Gasteiger partial charge in [-0.1, -0.05) is 111 Å². The fraction of sp³-hybridized carbons (Fsp3) is 1.00. The van der Waals surface area contributed by atoms with Crippen molar-refractivity contribution in [2.24, 2.45) is 17.8 Å². The van der Waals surface area contributed by atoms with Gasteiger partial charge in [0.05, 0.1) is 0 Å². The molecule has 0 aromatic carbocycles. The van der Waals surface area contributed by atoms with Crippen LogP contribution < -0.4 is 0 Å². The van der Waals surface area contributed by atoms with E-state index in [0.717, 1.165) is 24.5 Å². The Morgan fingerprint density at radius 2 is 1.16 bits per heavy atom. The van der Waals surface area contributed by atoms with E-state index in [2.05, 4.69) is 55.4 Å². The summed E-state index contributed by atoms with van der Waals surface area (Å²) in [6, 6.07) is 0. The van der Waals surface area contributed by atoms with Crippen molar-refractivity contribution in [3.8, 4) is 0 Å². The molecule has 0 nitrogen and oxygen atoms in total. The van der Waals surface area contributed by atoms with Crippen LogP contribution in [-0.2, 0) is 0 Å². The van der Waals surface area contributed by atoms with Gasteiger partial charge in [0.1, 0.15) is 6.71 Å². The van der Waals surface area contributed by atoms with Gasteiger partial charge in [-0.2, -0.15) is 0 Å². The molecule has 1 heteroatoms. The van der Waals surface area contributed by atoms with Gasteiger partial charge in [-0.05, 0) is 5.92 Å². The molecule has 0 aliphatic carbocycles. The average molecular weight is 266 g/mol. The minimum absolute atomic E-state index is 0.476. The van der Waals surface area contributed by atoms with E-state index in [1.165, 1.54) is 38.3 Å². The largest absolute Gasteiger partial charge is 0.146 e. The minimum atomic E-state index is 0.476. The van der Waals surface area contributed by atoms with Crippen molar-refractivity contribution in [1.82, 2.24) is 0 Å². The SMILES string of the molecule is CCCC(C)CB(CC(C)CCC)C(C)(C)C(C)C. The molecule has 0 aliphatic heterocycles. The summed E-state index contributed by atoms with van der Waals surface area (Å²) in [5, 5.41) is 0.476. The first kappa shape index (κ1) is 19.1. The number of hydrogen-bond donors (Lipinski definition) is 0. The minimum Gasteiger partial charge on any atom is -0.0711 e. The second kappa shape index (κ2) is 9.08. The van der Waals surface area contributed by atoms with Crippen molar-refractivity contribution in [3.05, 3.63) is 0 Å². The monoisotopic (exact) mass is 266 g/mol. The maximum Gasteiger partial charge on any atom is 0.146 e. The molecule has 0 rings (SSSR count). The number of rotatable bonds is 10. The molecule has 0 aromatic rings. The molecule has 0 heterocycles. The first-order valence-electron chi connectivity index (χ1n) is 8.75. The molecule has 0 bridgehead atoms. The second-order valence-electron chi connectivity index (χ2n) is 7.93. The Hall–Kier alpha value is 0.0649. The van der Waals surface area contributed by atoms with Crippen molar-refractivity contribution in [1.29, 1.82) is 0 Å². The van der Waals surface area contributed by atoms with Gasteiger partial charge in [-0.15, -0.1) is 0 Å². The summed E-state index contributed by atoms with van der Waals surface area (Å²) in [6.07, 6.45) is 8.31. The summed E-state index contributed by atoms with van der Waals surface area (Å²) in [5.41, 5.74) is 0. The van der Waals surface area contributed by atoms with Crippen LogP contribution in [-0.4, -0.2) is 6.71 Å². The lowest BCUT2D eigenvalue weighted by molar-refractivity contribution is 0.443. The standard InChI is InChI=1S/C18H39B/c1-9-11-16(5)13-19(14-17(6)12-10-2)18(7,8)15(3)4/h15-17H,9-14H2,1-8H3. The molecule has 0 amide bonds. The Morgan fingerprint density at radius 1 is 0.789 bits per heavy atom. The van der Waals surface area contributed by atoms with Gasteiger partial charge in [0.25, 0.3) is 0 Å². The van der Waals surface area contributed by atoms with E-state index in [-0.39, 0.29) is 0 Å². The Balaban J connectivity index is 4.72. The molecule has 0 aliphatic rings. The van der Waals surface area contributed by atoms with Crippen LogP contribution in [0.3, 0.4) is 0 Å². The molecule has 114 valence electrons. The first-order chi connectivity index (χ1) is 8.75. The third kappa shape index (κ3) is 6.86. The lowest BCUT2D eigenvalue weighted by atomic mass is 9.26. The molecule has 0 N–H and O–H groups in total. The summed E-state index contributed by atoms with van der Waals surface area (Å²) in [5.74, 6) is 2.56. The van der Waals surface area contributed by atoms with Crippen LogP contribution >= 0.6 is 0 Å². The van der Waals surface area contributed by atoms with E-state index in [4.69, 9.17) is 0 Å². The molecule has 19 heavy (non-hydrogen) atoms. The molecule has 0 fully saturated rings. The average Bonchev–Trinajstić information content (AvgIpc) is 2.28. The first-order valence-corrected chi connectivity index (χ1v) is 8.75. The highest BCUT2D eigenvalue weighted by atomic mass is 14.2. The molecule has 0 saturated heterocycles. The summed E-state index contributed by atoms with van der Waals surface area (Å²) in [6.45, 7) is 20.2. The lowest BCUT2D eigenvalue weighted by Gasteiger charge is -2.38. The highest BCUT2D eigenvalue weighted by Gasteiger charge is 2.36. The normalized spacial score (nSPS) is 15.6. The Labute approximate surface area is 124 Å². The van der Waals surface area contributed by atoms with E-state index in [9.17, 15) is 0 Å². The van der Waals surface area contributed by atoms with Gasteiger partial charge in [0.15, 0.2) is 0 Å².